The maximum Gasteiger partial charge on any atom is 0.452 e. The van der Waals surface area contributed by atoms with Crippen LogP contribution in [0.3, 0.4) is 0 Å². The monoisotopic (exact) mass is 297 g/mol. The van der Waals surface area contributed by atoms with Gasteiger partial charge in [0.2, 0.25) is 0 Å². The van der Waals surface area contributed by atoms with Crippen molar-refractivity contribution in [2.75, 3.05) is 0 Å². The number of rotatable bonds is 3. The third kappa shape index (κ3) is 2.80. The molecule has 1 N–H and O–H groups in total. The molecular weight excluding hydrogens is 291 g/mol. The van der Waals surface area contributed by atoms with Crippen LogP contribution in [0, 0.1) is 0 Å². The van der Waals surface area contributed by atoms with Crippen molar-refractivity contribution in [2.24, 2.45) is 0 Å². The van der Waals surface area contributed by atoms with Crippen LogP contribution < -0.4 is 5.32 Å². The van der Waals surface area contributed by atoms with E-state index >= 15 is 0 Å². The average molecular weight is 297 g/mol. The fourth-order valence-corrected chi connectivity index (χ4v) is 1.44. The Kier molecular flexibility index (Phi) is 3.81. The molecule has 19 heavy (non-hydrogen) atoms. The van der Waals surface area contributed by atoms with E-state index in [1.165, 1.54) is 0 Å². The zero-order valence-corrected chi connectivity index (χ0v) is 8.86. The van der Waals surface area contributed by atoms with Crippen LogP contribution in [0.15, 0.2) is 0 Å². The summed E-state index contributed by atoms with van der Waals surface area (Å²) in [6.45, 7) is 0. The quantitative estimate of drug-likeness (QED) is 0.488. The number of carbonyl (C=O) groups excluding carboxylic acids is 2. The molecule has 11 heteroatoms. The van der Waals surface area contributed by atoms with Crippen LogP contribution in [0.5, 0.6) is 0 Å². The van der Waals surface area contributed by atoms with E-state index in [9.17, 15) is 40.3 Å². The predicted molar refractivity (Wildman–Crippen MR) is 43.2 cm³/mol. The Bertz CT molecular complexity index is 375. The van der Waals surface area contributed by atoms with E-state index < -0.39 is 49.0 Å². The first-order valence-corrected chi connectivity index (χ1v) is 4.73. The summed E-state index contributed by atoms with van der Waals surface area (Å²) in [6.07, 6.45) is -13.8. The number of ether oxygens (including phenoxy) is 1. The van der Waals surface area contributed by atoms with Crippen LogP contribution in [-0.4, -0.2) is 36.1 Å². The Hall–Kier alpha value is -1.39. The minimum Gasteiger partial charge on any atom is -0.424 e. The van der Waals surface area contributed by atoms with Gasteiger partial charge in [0.15, 0.2) is 0 Å². The summed E-state index contributed by atoms with van der Waals surface area (Å²) < 4.78 is 90.0. The minimum absolute atomic E-state index is 0.873. The highest BCUT2D eigenvalue weighted by atomic mass is 19.4. The zero-order valence-electron chi connectivity index (χ0n) is 8.86. The van der Waals surface area contributed by atoms with E-state index in [-0.39, 0.29) is 0 Å². The molecule has 1 heterocycles. The van der Waals surface area contributed by atoms with Crippen LogP contribution in [0.4, 0.5) is 30.7 Å². The van der Waals surface area contributed by atoms with Gasteiger partial charge in [0.05, 0.1) is 0 Å². The van der Waals surface area contributed by atoms with Gasteiger partial charge in [-0.1, -0.05) is 0 Å². The molecule has 110 valence electrons. The lowest BCUT2D eigenvalue weighted by Crippen LogP contribution is -2.65. The van der Waals surface area contributed by atoms with Gasteiger partial charge < -0.3 is 4.74 Å². The summed E-state index contributed by atoms with van der Waals surface area (Å²) in [6, 6.07) is -4.03. The van der Waals surface area contributed by atoms with Crippen LogP contribution in [0.2, 0.25) is 0 Å². The van der Waals surface area contributed by atoms with Gasteiger partial charge in [0, 0.05) is 6.42 Å². The predicted octanol–water partition coefficient (Wildman–Crippen LogP) is 1.60. The molecule has 1 fully saturated rings. The average Bonchev–Trinajstić information content (AvgIpc) is 2.52. The van der Waals surface area contributed by atoms with Crippen LogP contribution in [0.1, 0.15) is 12.8 Å². The molecule has 0 aliphatic carbocycles. The molecule has 0 aromatic heterocycles. The van der Waals surface area contributed by atoms with Crippen molar-refractivity contribution in [1.29, 1.82) is 0 Å². The Labute approximate surface area is 100 Å². The lowest BCUT2D eigenvalue weighted by molar-refractivity contribution is -0.369. The fourth-order valence-electron chi connectivity index (χ4n) is 1.44. The van der Waals surface area contributed by atoms with Crippen molar-refractivity contribution in [2.45, 2.75) is 37.0 Å². The normalized spacial score (nSPS) is 23.3. The zero-order chi connectivity index (χ0) is 15.1. The lowest BCUT2D eigenvalue weighted by Gasteiger charge is -2.31. The highest BCUT2D eigenvalue weighted by Gasteiger charge is 2.78. The van der Waals surface area contributed by atoms with Gasteiger partial charge in [-0.3, -0.25) is 14.9 Å². The molecule has 1 saturated heterocycles. The topological polar surface area (TPSA) is 55.4 Å². The molecule has 0 amide bonds. The third-order valence-corrected chi connectivity index (χ3v) is 2.34. The molecule has 0 spiro atoms. The Morgan fingerprint density at radius 2 is 1.68 bits per heavy atom. The number of alkyl halides is 6. The Morgan fingerprint density at radius 3 is 2.00 bits per heavy atom. The van der Waals surface area contributed by atoms with E-state index in [4.69, 9.17) is 0 Å². The number of carbonyl (C=O) groups is 2. The molecule has 1 atom stereocenters. The highest BCUT2D eigenvalue weighted by Crippen LogP contribution is 2.47. The van der Waals surface area contributed by atoms with Crippen molar-refractivity contribution in [3.05, 3.63) is 0 Å². The lowest BCUT2D eigenvalue weighted by atomic mass is 10.1. The second kappa shape index (κ2) is 4.62. The molecule has 1 rings (SSSR count). The van der Waals surface area contributed by atoms with Crippen LogP contribution >= 0.6 is 0 Å². The van der Waals surface area contributed by atoms with Gasteiger partial charge >= 0.3 is 30.1 Å². The molecule has 0 bridgehead atoms. The van der Waals surface area contributed by atoms with E-state index in [2.05, 4.69) is 4.74 Å². The number of hydrogen-bond donors (Lipinski definition) is 1. The van der Waals surface area contributed by atoms with Gasteiger partial charge in [0.1, 0.15) is 6.04 Å². The second-order valence-electron chi connectivity index (χ2n) is 3.69. The summed E-state index contributed by atoms with van der Waals surface area (Å²) in [7, 11) is 0. The summed E-state index contributed by atoms with van der Waals surface area (Å²) in [5, 5.41) is 0.949. The first-order valence-electron chi connectivity index (χ1n) is 4.73. The second-order valence-corrected chi connectivity index (χ2v) is 3.69. The van der Waals surface area contributed by atoms with Crippen molar-refractivity contribution in [3.8, 4) is 0 Å². The first-order chi connectivity index (χ1) is 8.41. The molecule has 0 saturated carbocycles. The van der Waals surface area contributed by atoms with Gasteiger partial charge in [-0.15, -0.1) is 0 Å². The van der Waals surface area contributed by atoms with Crippen LogP contribution in [0.25, 0.3) is 0 Å². The van der Waals surface area contributed by atoms with Gasteiger partial charge in [0.25, 0.3) is 0 Å². The van der Waals surface area contributed by atoms with Crippen LogP contribution in [-0.2, 0) is 14.3 Å². The molecule has 1 aliphatic heterocycles. The van der Waals surface area contributed by atoms with Crippen molar-refractivity contribution < 1.29 is 45.1 Å². The van der Waals surface area contributed by atoms with E-state index in [1.807, 2.05) is 0 Å². The molecule has 0 aromatic carbocycles. The Balaban J connectivity index is 3.00. The molecule has 0 radical (unpaired) electrons. The SMILES string of the molecule is O=C(F)CC[C@H]1NC(C(F)(F)F)(C(F)(F)F)OC1=O. The van der Waals surface area contributed by atoms with Crippen molar-refractivity contribution in [3.63, 3.8) is 0 Å². The van der Waals surface area contributed by atoms with Gasteiger partial charge in [-0.25, -0.2) is 0 Å². The fraction of sp³-hybridized carbons (Fsp3) is 0.750. The number of halogens is 7. The molecule has 0 unspecified atom stereocenters. The van der Waals surface area contributed by atoms with E-state index in [0.717, 1.165) is 5.32 Å². The van der Waals surface area contributed by atoms with Crippen molar-refractivity contribution >= 4 is 12.0 Å². The summed E-state index contributed by atoms with van der Waals surface area (Å²) in [5.74, 6) is -1.85. The molecule has 4 nitrogen and oxygen atoms in total. The van der Waals surface area contributed by atoms with E-state index in [0.29, 0.717) is 0 Å². The molecule has 0 aromatic rings. The summed E-state index contributed by atoms with van der Waals surface area (Å²) >= 11 is 0. The largest absolute Gasteiger partial charge is 0.452 e. The van der Waals surface area contributed by atoms with E-state index in [1.54, 1.807) is 0 Å². The van der Waals surface area contributed by atoms with Crippen molar-refractivity contribution in [1.82, 2.24) is 5.32 Å². The smallest absolute Gasteiger partial charge is 0.424 e. The third-order valence-electron chi connectivity index (χ3n) is 2.34. The standard InChI is InChI=1S/C8H6F7NO3/c9-4(17)2-1-3-5(18)19-6(16-3,7(10,11)12)8(13,14)15/h3,16H,1-2H2/t3-/m1/s1. The maximum absolute atomic E-state index is 12.5. The van der Waals surface area contributed by atoms with Gasteiger partial charge in [-0.05, 0) is 6.42 Å². The molecule has 1 aliphatic rings. The number of cyclic esters (lactones) is 1. The Morgan fingerprint density at radius 1 is 1.21 bits per heavy atom. The minimum atomic E-state index is -5.95. The maximum atomic E-state index is 12.5. The molecular formula is C8H6F7NO3. The summed E-state index contributed by atoms with van der Waals surface area (Å²) in [5.41, 5.74) is -4.83. The number of nitrogens with one attached hydrogen (secondary N) is 1. The number of esters is 1. The highest BCUT2D eigenvalue weighted by molar-refractivity contribution is 5.79. The first kappa shape index (κ1) is 15.7. The van der Waals surface area contributed by atoms with Gasteiger partial charge in [-0.2, -0.15) is 30.7 Å². The number of hydrogen-bond acceptors (Lipinski definition) is 4. The summed E-state index contributed by atoms with van der Waals surface area (Å²) in [4.78, 5) is 20.9.